The zero-order valence-corrected chi connectivity index (χ0v) is 12.4. The summed E-state index contributed by atoms with van der Waals surface area (Å²) >= 11 is 2.06. The van der Waals surface area contributed by atoms with Crippen molar-refractivity contribution in [3.8, 4) is 0 Å². The maximum absolute atomic E-state index is 6.07. The number of rotatable bonds is 6. The fourth-order valence-corrected chi connectivity index (χ4v) is 4.05. The van der Waals surface area contributed by atoms with Crippen LogP contribution in [0.25, 0.3) is 0 Å². The van der Waals surface area contributed by atoms with Gasteiger partial charge in [0.2, 0.25) is 0 Å². The summed E-state index contributed by atoms with van der Waals surface area (Å²) in [7, 11) is 0. The zero-order chi connectivity index (χ0) is 12.7. The van der Waals surface area contributed by atoms with Gasteiger partial charge in [0.1, 0.15) is 0 Å². The van der Waals surface area contributed by atoms with Crippen LogP contribution in [0.2, 0.25) is 0 Å². The van der Waals surface area contributed by atoms with Gasteiger partial charge < -0.3 is 14.8 Å². The molecule has 1 spiro atoms. The molecule has 0 aromatic carbocycles. The summed E-state index contributed by atoms with van der Waals surface area (Å²) in [4.78, 5) is 0. The van der Waals surface area contributed by atoms with E-state index in [4.69, 9.17) is 9.47 Å². The van der Waals surface area contributed by atoms with Crippen LogP contribution in [-0.2, 0) is 9.47 Å². The standard InChI is InChI=1S/C14H27NO2S/c1-2-6-15-7-9-16-13-3-8-17-14(12-13)4-10-18-11-5-14/h13,15H,2-12H2,1H3. The van der Waals surface area contributed by atoms with Crippen LogP contribution in [0, 0.1) is 0 Å². The van der Waals surface area contributed by atoms with Crippen molar-refractivity contribution in [2.24, 2.45) is 0 Å². The van der Waals surface area contributed by atoms with E-state index < -0.39 is 0 Å². The quantitative estimate of drug-likeness (QED) is 0.753. The van der Waals surface area contributed by atoms with Crippen molar-refractivity contribution in [2.45, 2.75) is 50.7 Å². The van der Waals surface area contributed by atoms with Gasteiger partial charge in [-0.2, -0.15) is 11.8 Å². The fourth-order valence-electron chi connectivity index (χ4n) is 2.82. The first-order chi connectivity index (χ1) is 8.85. The third-order valence-electron chi connectivity index (χ3n) is 3.91. The summed E-state index contributed by atoms with van der Waals surface area (Å²) in [6.07, 6.45) is 6.23. The number of thioether (sulfide) groups is 1. The molecule has 2 heterocycles. The predicted octanol–water partition coefficient (Wildman–Crippen LogP) is 2.45. The summed E-state index contributed by atoms with van der Waals surface area (Å²) in [5.74, 6) is 2.51. The lowest BCUT2D eigenvalue weighted by atomic mass is 9.86. The van der Waals surface area contributed by atoms with Gasteiger partial charge in [0.05, 0.1) is 18.3 Å². The van der Waals surface area contributed by atoms with E-state index in [0.29, 0.717) is 6.10 Å². The highest BCUT2D eigenvalue weighted by Crippen LogP contribution is 2.38. The van der Waals surface area contributed by atoms with Crippen molar-refractivity contribution in [1.29, 1.82) is 0 Å². The van der Waals surface area contributed by atoms with E-state index in [1.165, 1.54) is 30.8 Å². The van der Waals surface area contributed by atoms with Gasteiger partial charge in [0.15, 0.2) is 0 Å². The molecular formula is C14H27NO2S. The lowest BCUT2D eigenvalue weighted by molar-refractivity contribution is -0.136. The molecule has 2 rings (SSSR count). The minimum Gasteiger partial charge on any atom is -0.377 e. The van der Waals surface area contributed by atoms with Crippen molar-refractivity contribution in [3.63, 3.8) is 0 Å². The molecule has 0 saturated carbocycles. The lowest BCUT2D eigenvalue weighted by Crippen LogP contribution is -2.45. The Labute approximate surface area is 115 Å². The maximum atomic E-state index is 6.07. The molecule has 0 bridgehead atoms. The van der Waals surface area contributed by atoms with E-state index in [9.17, 15) is 0 Å². The van der Waals surface area contributed by atoms with Gasteiger partial charge in [-0.1, -0.05) is 6.92 Å². The van der Waals surface area contributed by atoms with Gasteiger partial charge in [-0.25, -0.2) is 0 Å². The molecule has 0 aromatic heterocycles. The molecule has 0 aliphatic carbocycles. The van der Waals surface area contributed by atoms with Crippen molar-refractivity contribution in [2.75, 3.05) is 37.8 Å². The van der Waals surface area contributed by atoms with Crippen LogP contribution in [-0.4, -0.2) is 49.5 Å². The second-order valence-corrected chi connectivity index (χ2v) is 6.60. The molecule has 0 radical (unpaired) electrons. The van der Waals surface area contributed by atoms with E-state index in [1.54, 1.807) is 0 Å². The van der Waals surface area contributed by atoms with E-state index in [2.05, 4.69) is 24.0 Å². The van der Waals surface area contributed by atoms with Crippen LogP contribution in [0.5, 0.6) is 0 Å². The molecule has 2 aliphatic heterocycles. The third-order valence-corrected chi connectivity index (χ3v) is 4.90. The van der Waals surface area contributed by atoms with Crippen molar-refractivity contribution in [1.82, 2.24) is 5.32 Å². The van der Waals surface area contributed by atoms with E-state index in [1.807, 2.05) is 0 Å². The molecule has 2 saturated heterocycles. The van der Waals surface area contributed by atoms with Crippen molar-refractivity contribution < 1.29 is 9.47 Å². The van der Waals surface area contributed by atoms with E-state index >= 15 is 0 Å². The van der Waals surface area contributed by atoms with Crippen LogP contribution in [0.1, 0.15) is 39.0 Å². The minimum absolute atomic E-state index is 0.158. The fraction of sp³-hybridized carbons (Fsp3) is 1.00. The maximum Gasteiger partial charge on any atom is 0.0723 e. The number of ether oxygens (including phenoxy) is 2. The first-order valence-corrected chi connectivity index (χ1v) is 8.54. The van der Waals surface area contributed by atoms with Crippen molar-refractivity contribution >= 4 is 11.8 Å². The number of hydrogen-bond donors (Lipinski definition) is 1. The molecule has 106 valence electrons. The molecule has 3 nitrogen and oxygen atoms in total. The highest BCUT2D eigenvalue weighted by atomic mass is 32.2. The summed E-state index contributed by atoms with van der Waals surface area (Å²) in [6.45, 7) is 6.00. The first kappa shape index (κ1) is 14.6. The van der Waals surface area contributed by atoms with E-state index in [0.717, 1.165) is 39.1 Å². The summed E-state index contributed by atoms with van der Waals surface area (Å²) < 4.78 is 12.1. The average molecular weight is 273 g/mol. The largest absolute Gasteiger partial charge is 0.377 e. The van der Waals surface area contributed by atoms with Crippen LogP contribution in [0.15, 0.2) is 0 Å². The molecule has 1 atom stereocenters. The first-order valence-electron chi connectivity index (χ1n) is 7.39. The normalized spacial score (nSPS) is 27.5. The Morgan fingerprint density at radius 3 is 2.94 bits per heavy atom. The topological polar surface area (TPSA) is 30.5 Å². The van der Waals surface area contributed by atoms with Gasteiger partial charge in [0, 0.05) is 19.6 Å². The molecule has 2 fully saturated rings. The van der Waals surface area contributed by atoms with Gasteiger partial charge in [0.25, 0.3) is 0 Å². The lowest BCUT2D eigenvalue weighted by Gasteiger charge is -2.43. The number of hydrogen-bond acceptors (Lipinski definition) is 4. The van der Waals surface area contributed by atoms with Crippen LogP contribution in [0.3, 0.4) is 0 Å². The summed E-state index contributed by atoms with van der Waals surface area (Å²) in [5.41, 5.74) is 0.158. The second-order valence-electron chi connectivity index (χ2n) is 5.38. The Hall–Kier alpha value is 0.230. The van der Waals surface area contributed by atoms with Crippen molar-refractivity contribution in [3.05, 3.63) is 0 Å². The van der Waals surface area contributed by atoms with E-state index in [-0.39, 0.29) is 5.60 Å². The molecule has 18 heavy (non-hydrogen) atoms. The van der Waals surface area contributed by atoms with Crippen LogP contribution < -0.4 is 5.32 Å². The van der Waals surface area contributed by atoms with Gasteiger partial charge in [-0.05, 0) is 43.7 Å². The van der Waals surface area contributed by atoms with Gasteiger partial charge >= 0.3 is 0 Å². The number of nitrogens with one attached hydrogen (secondary N) is 1. The zero-order valence-electron chi connectivity index (χ0n) is 11.6. The smallest absolute Gasteiger partial charge is 0.0723 e. The average Bonchev–Trinajstić information content (AvgIpc) is 2.40. The Morgan fingerprint density at radius 1 is 1.33 bits per heavy atom. The van der Waals surface area contributed by atoms with Crippen LogP contribution >= 0.6 is 11.8 Å². The molecule has 0 aromatic rings. The SMILES string of the molecule is CCCNCCOC1CCOC2(CCSCC2)C1. The third kappa shape index (κ3) is 4.41. The van der Waals surface area contributed by atoms with Gasteiger partial charge in [-0.3, -0.25) is 0 Å². The Balaban J connectivity index is 1.66. The second kappa shape index (κ2) is 7.73. The molecule has 4 heteroatoms. The Bertz CT molecular complexity index is 226. The molecule has 1 unspecified atom stereocenters. The molecule has 0 amide bonds. The Kier molecular flexibility index (Phi) is 6.29. The summed E-state index contributed by atoms with van der Waals surface area (Å²) in [5, 5.41) is 3.39. The molecular weight excluding hydrogens is 246 g/mol. The van der Waals surface area contributed by atoms with Crippen LogP contribution in [0.4, 0.5) is 0 Å². The highest BCUT2D eigenvalue weighted by Gasteiger charge is 2.38. The molecule has 1 N–H and O–H groups in total. The predicted molar refractivity (Wildman–Crippen MR) is 77.4 cm³/mol. The molecule has 2 aliphatic rings. The Morgan fingerprint density at radius 2 is 2.17 bits per heavy atom. The monoisotopic (exact) mass is 273 g/mol. The minimum atomic E-state index is 0.158. The highest BCUT2D eigenvalue weighted by molar-refractivity contribution is 7.99. The summed E-state index contributed by atoms with van der Waals surface area (Å²) in [6, 6.07) is 0. The van der Waals surface area contributed by atoms with Gasteiger partial charge in [-0.15, -0.1) is 0 Å².